The molecule has 0 spiro atoms. The van der Waals surface area contributed by atoms with Crippen LogP contribution >= 0.6 is 0 Å². The summed E-state index contributed by atoms with van der Waals surface area (Å²) in [6, 6.07) is 1.85. The molecule has 1 heterocycles. The lowest BCUT2D eigenvalue weighted by Crippen LogP contribution is -2.23. The van der Waals surface area contributed by atoms with Crippen LogP contribution in [-0.2, 0) is 31.5 Å². The van der Waals surface area contributed by atoms with E-state index in [4.69, 9.17) is 14.2 Å². The first kappa shape index (κ1) is 19.2. The Kier molecular flexibility index (Phi) is 6.35. The first-order chi connectivity index (χ1) is 10.6. The molecule has 0 radical (unpaired) electrons. The average Bonchev–Trinajstić information content (AvgIpc) is 2.81. The van der Waals surface area contributed by atoms with Crippen molar-refractivity contribution in [1.29, 1.82) is 0 Å². The number of methoxy groups -OCH3 is 3. The Morgan fingerprint density at radius 2 is 1.83 bits per heavy atom. The summed E-state index contributed by atoms with van der Waals surface area (Å²) < 4.78 is 17.3. The lowest BCUT2D eigenvalue weighted by Gasteiger charge is -2.17. The Bertz CT molecular complexity index is 581. The summed E-state index contributed by atoms with van der Waals surface area (Å²) in [5, 5.41) is 7.07. The topological polar surface area (TPSA) is 74.6 Å². The van der Waals surface area contributed by atoms with Crippen LogP contribution in [0.5, 0.6) is 0 Å². The molecule has 0 aromatic carbocycles. The van der Waals surface area contributed by atoms with Crippen molar-refractivity contribution in [2.45, 2.75) is 39.4 Å². The molecule has 0 unspecified atom stereocenters. The van der Waals surface area contributed by atoms with Gasteiger partial charge in [-0.15, -0.1) is 0 Å². The van der Waals surface area contributed by atoms with Crippen LogP contribution in [0.1, 0.15) is 33.4 Å². The van der Waals surface area contributed by atoms with Gasteiger partial charge in [-0.1, -0.05) is 20.8 Å². The van der Waals surface area contributed by atoms with Gasteiger partial charge in [-0.25, -0.2) is 0 Å². The second kappa shape index (κ2) is 7.61. The minimum atomic E-state index is -0.649. The van der Waals surface area contributed by atoms with Crippen LogP contribution in [0.4, 0.5) is 5.82 Å². The first-order valence-electron chi connectivity index (χ1n) is 7.31. The molecule has 1 amide bonds. The van der Waals surface area contributed by atoms with Gasteiger partial charge < -0.3 is 19.5 Å². The van der Waals surface area contributed by atoms with Crippen LogP contribution in [-0.4, -0.2) is 43.3 Å². The fraction of sp³-hybridized carbons (Fsp3) is 0.625. The van der Waals surface area contributed by atoms with Gasteiger partial charge in [0.15, 0.2) is 17.9 Å². The van der Waals surface area contributed by atoms with E-state index in [2.05, 4.69) is 31.2 Å². The first-order valence-corrected chi connectivity index (χ1v) is 7.31. The number of carbonyl (C=O) groups excluding carboxylic acids is 1. The molecule has 0 saturated carbocycles. The molecular formula is C16H27N3O4. The van der Waals surface area contributed by atoms with E-state index in [0.29, 0.717) is 11.4 Å². The van der Waals surface area contributed by atoms with E-state index in [1.54, 1.807) is 11.6 Å². The summed E-state index contributed by atoms with van der Waals surface area (Å²) in [4.78, 5) is 12.4. The summed E-state index contributed by atoms with van der Waals surface area (Å²) in [5.41, 5.74) is 1.48. The van der Waals surface area contributed by atoms with Gasteiger partial charge in [0.1, 0.15) is 0 Å². The van der Waals surface area contributed by atoms with E-state index in [0.717, 1.165) is 5.69 Å². The van der Waals surface area contributed by atoms with Gasteiger partial charge in [-0.3, -0.25) is 9.48 Å². The quantitative estimate of drug-likeness (QED) is 0.493. The second-order valence-corrected chi connectivity index (χ2v) is 6.26. The van der Waals surface area contributed by atoms with Gasteiger partial charge >= 0.3 is 0 Å². The molecule has 1 aromatic rings. The lowest BCUT2D eigenvalue weighted by molar-refractivity contribution is -0.117. The molecule has 0 bridgehead atoms. The number of ether oxygens (including phenoxy) is 3. The van der Waals surface area contributed by atoms with Crippen molar-refractivity contribution in [3.8, 4) is 0 Å². The van der Waals surface area contributed by atoms with E-state index >= 15 is 0 Å². The van der Waals surface area contributed by atoms with Crippen LogP contribution in [0, 0.1) is 0 Å². The van der Waals surface area contributed by atoms with Crippen molar-refractivity contribution in [2.75, 3.05) is 26.6 Å². The average molecular weight is 325 g/mol. The Morgan fingerprint density at radius 3 is 2.22 bits per heavy atom. The summed E-state index contributed by atoms with van der Waals surface area (Å²) in [7, 11) is 6.27. The molecule has 7 heteroatoms. The van der Waals surface area contributed by atoms with Gasteiger partial charge in [-0.05, 0) is 6.92 Å². The van der Waals surface area contributed by atoms with Crippen LogP contribution in [0.3, 0.4) is 0 Å². The number of hydrogen-bond acceptors (Lipinski definition) is 5. The van der Waals surface area contributed by atoms with Gasteiger partial charge in [0, 0.05) is 44.0 Å². The number of aromatic nitrogens is 2. The molecule has 0 aliphatic heterocycles. The van der Waals surface area contributed by atoms with Crippen molar-refractivity contribution in [2.24, 2.45) is 7.05 Å². The van der Waals surface area contributed by atoms with E-state index < -0.39 is 12.2 Å². The number of aryl methyl sites for hydroxylation is 1. The fourth-order valence-corrected chi connectivity index (χ4v) is 2.39. The van der Waals surface area contributed by atoms with Crippen molar-refractivity contribution < 1.29 is 19.0 Å². The third-order valence-electron chi connectivity index (χ3n) is 3.44. The molecule has 1 rings (SSSR count). The maximum atomic E-state index is 12.4. The second-order valence-electron chi connectivity index (χ2n) is 6.26. The zero-order chi connectivity index (χ0) is 17.8. The van der Waals surface area contributed by atoms with Gasteiger partial charge in [0.25, 0.3) is 5.91 Å². The molecule has 1 aromatic heterocycles. The predicted octanol–water partition coefficient (Wildman–Crippen LogP) is 2.20. The Hall–Kier alpha value is -1.86. The molecule has 0 saturated heterocycles. The number of amides is 1. The molecule has 0 aliphatic carbocycles. The molecular weight excluding hydrogens is 298 g/mol. The Labute approximate surface area is 137 Å². The van der Waals surface area contributed by atoms with E-state index in [1.807, 2.05) is 13.1 Å². The highest BCUT2D eigenvalue weighted by molar-refractivity contribution is 6.02. The van der Waals surface area contributed by atoms with E-state index in [-0.39, 0.29) is 11.2 Å². The third kappa shape index (κ3) is 4.56. The van der Waals surface area contributed by atoms with Crippen LogP contribution in [0.25, 0.3) is 0 Å². The molecule has 0 aliphatic rings. The smallest absolute Gasteiger partial charge is 0.292 e. The Morgan fingerprint density at radius 1 is 1.26 bits per heavy atom. The number of carbonyl (C=O) groups is 1. The van der Waals surface area contributed by atoms with Crippen molar-refractivity contribution in [3.63, 3.8) is 0 Å². The fourth-order valence-electron chi connectivity index (χ4n) is 2.39. The maximum absolute atomic E-state index is 12.4. The van der Waals surface area contributed by atoms with E-state index in [9.17, 15) is 4.79 Å². The maximum Gasteiger partial charge on any atom is 0.292 e. The van der Waals surface area contributed by atoms with Crippen LogP contribution in [0.15, 0.2) is 17.4 Å². The summed E-state index contributed by atoms with van der Waals surface area (Å²) in [6.45, 7) is 7.97. The highest BCUT2D eigenvalue weighted by Crippen LogP contribution is 2.24. The third-order valence-corrected chi connectivity index (χ3v) is 3.44. The number of nitrogens with one attached hydrogen (secondary N) is 1. The van der Waals surface area contributed by atoms with Gasteiger partial charge in [0.2, 0.25) is 0 Å². The van der Waals surface area contributed by atoms with Crippen molar-refractivity contribution in [1.82, 2.24) is 9.78 Å². The predicted molar refractivity (Wildman–Crippen MR) is 88.1 cm³/mol. The van der Waals surface area contributed by atoms with Crippen LogP contribution < -0.4 is 5.32 Å². The largest absolute Gasteiger partial charge is 0.491 e. The number of hydrogen-bond donors (Lipinski definition) is 1. The standard InChI is InChI=1S/C16H27N3O4/c1-10(15(22-7)23-8)13(21-6)14(20)17-12-9-11(16(2,3)4)19(5)18-12/h9,15H,1-8H3,(H,17,18,20)/b13-10-. The van der Waals surface area contributed by atoms with E-state index in [1.165, 1.54) is 21.3 Å². The Balaban J connectivity index is 3.04. The monoisotopic (exact) mass is 325 g/mol. The minimum Gasteiger partial charge on any atom is -0.491 e. The summed E-state index contributed by atoms with van der Waals surface area (Å²) in [5.74, 6) is 0.209. The minimum absolute atomic E-state index is 0.0717. The zero-order valence-electron chi connectivity index (χ0n) is 15.2. The molecule has 1 N–H and O–H groups in total. The van der Waals surface area contributed by atoms with Gasteiger partial charge in [-0.2, -0.15) is 5.10 Å². The molecule has 0 atom stereocenters. The van der Waals surface area contributed by atoms with Crippen LogP contribution in [0.2, 0.25) is 0 Å². The van der Waals surface area contributed by atoms with Gasteiger partial charge in [0.05, 0.1) is 7.11 Å². The highest BCUT2D eigenvalue weighted by atomic mass is 16.7. The molecule has 0 fully saturated rings. The molecule has 130 valence electrons. The number of nitrogens with zero attached hydrogens (tertiary/aromatic N) is 2. The zero-order valence-corrected chi connectivity index (χ0v) is 15.2. The number of anilines is 1. The van der Waals surface area contributed by atoms with Crippen molar-refractivity contribution >= 4 is 11.7 Å². The summed E-state index contributed by atoms with van der Waals surface area (Å²) >= 11 is 0. The summed E-state index contributed by atoms with van der Waals surface area (Å²) in [6.07, 6.45) is -0.649. The normalized spacial score (nSPS) is 13.1. The molecule has 23 heavy (non-hydrogen) atoms. The number of rotatable bonds is 6. The molecule has 7 nitrogen and oxygen atoms in total. The van der Waals surface area contributed by atoms with Crippen molar-refractivity contribution in [3.05, 3.63) is 23.1 Å². The SMILES string of the molecule is CO/C(C(=O)Nc1cc(C(C)(C)C)n(C)n1)=C(/C)C(OC)OC. The highest BCUT2D eigenvalue weighted by Gasteiger charge is 2.23. The lowest BCUT2D eigenvalue weighted by atomic mass is 9.92.